The summed E-state index contributed by atoms with van der Waals surface area (Å²) in [4.78, 5) is 3.63. The Morgan fingerprint density at radius 1 is 1.26 bits per heavy atom. The Morgan fingerprint density at radius 2 is 1.95 bits per heavy atom. The fourth-order valence-electron chi connectivity index (χ4n) is 1.68. The smallest absolute Gasteiger partial charge is 0.434 e. The van der Waals surface area contributed by atoms with E-state index >= 15 is 0 Å². The molecule has 19 heavy (non-hydrogen) atoms. The van der Waals surface area contributed by atoms with Gasteiger partial charge in [-0.2, -0.15) is 13.2 Å². The van der Waals surface area contributed by atoms with Gasteiger partial charge in [0.05, 0.1) is 7.11 Å². The fraction of sp³-hybridized carbons (Fsp3) is 0.250. The number of hydrogen-bond donors (Lipinski definition) is 0. The average Bonchev–Trinajstić information content (AvgIpc) is 2.70. The van der Waals surface area contributed by atoms with Crippen LogP contribution in [0.4, 0.5) is 13.2 Å². The van der Waals surface area contributed by atoms with Crippen molar-refractivity contribution < 1.29 is 17.9 Å². The Balaban J connectivity index is 2.53. The van der Waals surface area contributed by atoms with Gasteiger partial charge in [0.1, 0.15) is 11.6 Å². The molecule has 0 radical (unpaired) electrons. The number of rotatable bonds is 2. The maximum atomic E-state index is 12.6. The number of nitrogens with zero attached hydrogens (tertiary/aromatic N) is 2. The van der Waals surface area contributed by atoms with Gasteiger partial charge in [-0.05, 0) is 18.2 Å². The molecular weight excluding hydrogens is 325 g/mol. The Hall–Kier alpha value is -1.50. The molecule has 0 unspecified atom stereocenters. The summed E-state index contributed by atoms with van der Waals surface area (Å²) in [6, 6.07) is 5.04. The number of methoxy groups -OCH3 is 1. The van der Waals surface area contributed by atoms with Crippen LogP contribution >= 0.6 is 15.9 Å². The van der Waals surface area contributed by atoms with Gasteiger partial charge in [0.25, 0.3) is 0 Å². The molecule has 0 amide bonds. The summed E-state index contributed by atoms with van der Waals surface area (Å²) in [5.41, 5.74) is -0.367. The minimum atomic E-state index is -4.45. The van der Waals surface area contributed by atoms with Gasteiger partial charge in [-0.25, -0.2) is 4.98 Å². The van der Waals surface area contributed by atoms with Crippen molar-refractivity contribution in [3.63, 3.8) is 0 Å². The molecule has 102 valence electrons. The number of alkyl halides is 3. The predicted octanol–water partition coefficient (Wildman–Crippen LogP) is 3.88. The van der Waals surface area contributed by atoms with Gasteiger partial charge in [-0.15, -0.1) is 0 Å². The molecule has 1 heterocycles. The number of halogens is 4. The van der Waals surface area contributed by atoms with Crippen molar-refractivity contribution in [2.45, 2.75) is 6.18 Å². The molecule has 1 aromatic heterocycles. The van der Waals surface area contributed by atoms with Crippen molar-refractivity contribution in [3.8, 4) is 17.1 Å². The highest BCUT2D eigenvalue weighted by atomic mass is 79.9. The highest BCUT2D eigenvalue weighted by Gasteiger charge is 2.34. The molecule has 7 heteroatoms. The highest BCUT2D eigenvalue weighted by Crippen LogP contribution is 2.32. The molecule has 3 nitrogen and oxygen atoms in total. The normalized spacial score (nSPS) is 11.7. The largest absolute Gasteiger partial charge is 0.497 e. The average molecular weight is 335 g/mol. The van der Waals surface area contributed by atoms with Gasteiger partial charge in [-0.3, -0.25) is 0 Å². The SMILES string of the molecule is COc1cc(Br)cc(-c2nc(C(F)(F)F)cn2C)c1. The molecule has 1 aromatic carbocycles. The first-order valence-electron chi connectivity index (χ1n) is 5.27. The van der Waals surface area contributed by atoms with E-state index in [9.17, 15) is 13.2 Å². The van der Waals surface area contributed by atoms with E-state index in [1.807, 2.05) is 0 Å². The number of hydrogen-bond acceptors (Lipinski definition) is 2. The summed E-state index contributed by atoms with van der Waals surface area (Å²) in [7, 11) is 3.01. The summed E-state index contributed by atoms with van der Waals surface area (Å²) in [5.74, 6) is 0.771. The zero-order valence-electron chi connectivity index (χ0n) is 10.1. The zero-order chi connectivity index (χ0) is 14.2. The lowest BCUT2D eigenvalue weighted by molar-refractivity contribution is -0.140. The zero-order valence-corrected chi connectivity index (χ0v) is 11.7. The molecular formula is C12H10BrF3N2O. The van der Waals surface area contributed by atoms with E-state index in [4.69, 9.17) is 4.74 Å². The third kappa shape index (κ3) is 2.91. The van der Waals surface area contributed by atoms with Crippen LogP contribution < -0.4 is 4.74 Å². The quantitative estimate of drug-likeness (QED) is 0.833. The van der Waals surface area contributed by atoms with Crippen LogP contribution in [-0.4, -0.2) is 16.7 Å². The van der Waals surface area contributed by atoms with Gasteiger partial charge in [-0.1, -0.05) is 15.9 Å². The number of aromatic nitrogens is 2. The number of benzene rings is 1. The predicted molar refractivity (Wildman–Crippen MR) is 67.9 cm³/mol. The van der Waals surface area contributed by atoms with Gasteiger partial charge < -0.3 is 9.30 Å². The van der Waals surface area contributed by atoms with E-state index in [1.165, 1.54) is 18.7 Å². The van der Waals surface area contributed by atoms with E-state index in [0.717, 1.165) is 6.20 Å². The second-order valence-corrected chi connectivity index (χ2v) is 4.85. The molecule has 0 aliphatic carbocycles. The standard InChI is InChI=1S/C12H10BrF3N2O/c1-18-6-10(12(14,15)16)17-11(18)7-3-8(13)5-9(4-7)19-2/h3-6H,1-2H3. The van der Waals surface area contributed by atoms with Crippen molar-refractivity contribution in [1.29, 1.82) is 0 Å². The van der Waals surface area contributed by atoms with E-state index in [0.29, 0.717) is 15.8 Å². The Bertz CT molecular complexity index is 608. The van der Waals surface area contributed by atoms with Crippen LogP contribution in [-0.2, 0) is 13.2 Å². The molecule has 0 N–H and O–H groups in total. The van der Waals surface area contributed by atoms with E-state index in [2.05, 4.69) is 20.9 Å². The minimum absolute atomic E-state index is 0.229. The molecule has 0 aliphatic heterocycles. The lowest BCUT2D eigenvalue weighted by atomic mass is 10.2. The maximum Gasteiger partial charge on any atom is 0.434 e. The van der Waals surface area contributed by atoms with Crippen LogP contribution in [0, 0.1) is 0 Å². The summed E-state index contributed by atoms with van der Waals surface area (Å²) in [6.45, 7) is 0. The Labute approximate surface area is 116 Å². The molecule has 0 saturated heterocycles. The highest BCUT2D eigenvalue weighted by molar-refractivity contribution is 9.10. The van der Waals surface area contributed by atoms with E-state index < -0.39 is 11.9 Å². The maximum absolute atomic E-state index is 12.6. The first-order chi connectivity index (χ1) is 8.81. The second-order valence-electron chi connectivity index (χ2n) is 3.94. The minimum Gasteiger partial charge on any atom is -0.497 e. The van der Waals surface area contributed by atoms with Crippen molar-refractivity contribution in [2.24, 2.45) is 7.05 Å². The Kier molecular flexibility index (Phi) is 3.58. The fourth-order valence-corrected chi connectivity index (χ4v) is 2.15. The molecule has 2 rings (SSSR count). The number of aryl methyl sites for hydroxylation is 1. The first kappa shape index (κ1) is 13.9. The van der Waals surface area contributed by atoms with E-state index in [1.54, 1.807) is 18.2 Å². The molecule has 2 aromatic rings. The molecule has 0 bridgehead atoms. The third-order valence-electron chi connectivity index (χ3n) is 2.53. The van der Waals surface area contributed by atoms with Crippen molar-refractivity contribution in [1.82, 2.24) is 9.55 Å². The van der Waals surface area contributed by atoms with Gasteiger partial charge in [0, 0.05) is 23.3 Å². The second kappa shape index (κ2) is 4.88. The van der Waals surface area contributed by atoms with Crippen LogP contribution in [0.1, 0.15) is 5.69 Å². The topological polar surface area (TPSA) is 27.1 Å². The van der Waals surface area contributed by atoms with Crippen LogP contribution in [0.25, 0.3) is 11.4 Å². The van der Waals surface area contributed by atoms with Crippen LogP contribution in [0.2, 0.25) is 0 Å². The number of imidazole rings is 1. The van der Waals surface area contributed by atoms with E-state index in [-0.39, 0.29) is 5.82 Å². The lowest BCUT2D eigenvalue weighted by Crippen LogP contribution is -2.04. The summed E-state index contributed by atoms with van der Waals surface area (Å²) in [6.07, 6.45) is -3.49. The number of ether oxygens (including phenoxy) is 1. The van der Waals surface area contributed by atoms with Gasteiger partial charge in [0.2, 0.25) is 0 Å². The molecule has 0 saturated carbocycles. The van der Waals surface area contributed by atoms with Crippen LogP contribution in [0.3, 0.4) is 0 Å². The summed E-state index contributed by atoms with van der Waals surface area (Å²) >= 11 is 3.28. The van der Waals surface area contributed by atoms with Crippen molar-refractivity contribution in [3.05, 3.63) is 34.6 Å². The monoisotopic (exact) mass is 334 g/mol. The molecule has 0 atom stereocenters. The van der Waals surface area contributed by atoms with Gasteiger partial charge in [0.15, 0.2) is 5.69 Å². The molecule has 0 fully saturated rings. The molecule has 0 aliphatic rings. The van der Waals surface area contributed by atoms with Gasteiger partial charge >= 0.3 is 6.18 Å². The Morgan fingerprint density at radius 3 is 2.47 bits per heavy atom. The lowest BCUT2D eigenvalue weighted by Gasteiger charge is -2.06. The van der Waals surface area contributed by atoms with Crippen LogP contribution in [0.15, 0.2) is 28.9 Å². The molecule has 0 spiro atoms. The first-order valence-corrected chi connectivity index (χ1v) is 6.06. The van der Waals surface area contributed by atoms with Crippen molar-refractivity contribution >= 4 is 15.9 Å². The summed E-state index contributed by atoms with van der Waals surface area (Å²) in [5, 5.41) is 0. The van der Waals surface area contributed by atoms with Crippen LogP contribution in [0.5, 0.6) is 5.75 Å². The third-order valence-corrected chi connectivity index (χ3v) is 2.99. The van der Waals surface area contributed by atoms with Crippen molar-refractivity contribution in [2.75, 3.05) is 7.11 Å². The summed E-state index contributed by atoms with van der Waals surface area (Å²) < 4.78 is 45.0.